The molecule has 2 aromatic rings. The molecule has 3 rings (SSSR count). The van der Waals surface area contributed by atoms with Crippen molar-refractivity contribution in [3.05, 3.63) is 82.4 Å². The Balaban J connectivity index is 1.72. The first-order chi connectivity index (χ1) is 13.5. The number of primary amides is 1. The Labute approximate surface area is 169 Å². The molecular weight excluding hydrogens is 376 g/mol. The van der Waals surface area contributed by atoms with Crippen molar-refractivity contribution in [1.82, 2.24) is 4.90 Å². The van der Waals surface area contributed by atoms with Crippen LogP contribution in [0.4, 0.5) is 0 Å². The van der Waals surface area contributed by atoms with Gasteiger partial charge in [0.25, 0.3) is 0 Å². The maximum absolute atomic E-state index is 12.7. The van der Waals surface area contributed by atoms with Gasteiger partial charge in [-0.05, 0) is 35.4 Å². The lowest BCUT2D eigenvalue weighted by atomic mass is 10.1. The predicted molar refractivity (Wildman–Crippen MR) is 110 cm³/mol. The monoisotopic (exact) mass is 396 g/mol. The molecule has 0 aromatic heterocycles. The second kappa shape index (κ2) is 9.24. The van der Waals surface area contributed by atoms with Crippen molar-refractivity contribution in [3.63, 3.8) is 0 Å². The maximum atomic E-state index is 12.7. The summed E-state index contributed by atoms with van der Waals surface area (Å²) in [5.41, 5.74) is 7.97. The van der Waals surface area contributed by atoms with Crippen molar-refractivity contribution >= 4 is 29.5 Å². The van der Waals surface area contributed by atoms with E-state index in [0.717, 1.165) is 22.4 Å². The molecule has 1 aliphatic heterocycles. The third-order valence-electron chi connectivity index (χ3n) is 4.30. The van der Waals surface area contributed by atoms with E-state index < -0.39 is 5.91 Å². The fourth-order valence-corrected chi connectivity index (χ4v) is 3.04. The van der Waals surface area contributed by atoms with Gasteiger partial charge in [0, 0.05) is 36.2 Å². The zero-order valence-corrected chi connectivity index (χ0v) is 16.1. The summed E-state index contributed by atoms with van der Waals surface area (Å²) < 4.78 is 5.69. The molecular formula is C22H21ClN2O3. The molecule has 0 aliphatic carbocycles. The van der Waals surface area contributed by atoms with E-state index in [1.807, 2.05) is 48.5 Å². The number of benzene rings is 2. The van der Waals surface area contributed by atoms with Crippen LogP contribution in [0.1, 0.15) is 17.5 Å². The molecule has 2 N–H and O–H groups in total. The van der Waals surface area contributed by atoms with Crippen LogP contribution >= 0.6 is 11.6 Å². The van der Waals surface area contributed by atoms with Crippen LogP contribution in [0.5, 0.6) is 5.75 Å². The highest BCUT2D eigenvalue weighted by molar-refractivity contribution is 6.30. The van der Waals surface area contributed by atoms with Gasteiger partial charge in [-0.1, -0.05) is 48.0 Å². The average molecular weight is 397 g/mol. The van der Waals surface area contributed by atoms with E-state index in [1.54, 1.807) is 17.0 Å². The fraction of sp³-hybridized carbons (Fsp3) is 0.182. The number of hydrogen-bond acceptors (Lipinski definition) is 3. The first-order valence-electron chi connectivity index (χ1n) is 8.93. The van der Waals surface area contributed by atoms with E-state index in [0.29, 0.717) is 18.2 Å². The predicted octanol–water partition coefficient (Wildman–Crippen LogP) is 3.58. The zero-order valence-electron chi connectivity index (χ0n) is 15.3. The van der Waals surface area contributed by atoms with Crippen molar-refractivity contribution in [2.75, 3.05) is 13.2 Å². The molecule has 5 nitrogen and oxygen atoms in total. The number of nitrogens with two attached hydrogens (primary N) is 1. The summed E-state index contributed by atoms with van der Waals surface area (Å²) in [5, 5.41) is 0.625. The third-order valence-corrected chi connectivity index (χ3v) is 4.54. The van der Waals surface area contributed by atoms with Gasteiger partial charge in [0.1, 0.15) is 12.4 Å². The lowest BCUT2D eigenvalue weighted by Gasteiger charge is -2.21. The molecule has 6 heteroatoms. The molecule has 1 heterocycles. The van der Waals surface area contributed by atoms with Gasteiger partial charge in [-0.15, -0.1) is 0 Å². The van der Waals surface area contributed by atoms with Gasteiger partial charge < -0.3 is 15.4 Å². The molecule has 144 valence electrons. The van der Waals surface area contributed by atoms with Crippen LogP contribution in [-0.2, 0) is 16.1 Å². The van der Waals surface area contributed by atoms with Crippen LogP contribution in [0.25, 0.3) is 6.08 Å². The van der Waals surface area contributed by atoms with Crippen molar-refractivity contribution in [2.24, 2.45) is 5.73 Å². The first kappa shape index (κ1) is 19.7. The quantitative estimate of drug-likeness (QED) is 0.727. The van der Waals surface area contributed by atoms with E-state index in [4.69, 9.17) is 22.1 Å². The Morgan fingerprint density at radius 3 is 2.71 bits per heavy atom. The number of ether oxygens (including phenoxy) is 1. The number of rotatable bonds is 7. The summed E-state index contributed by atoms with van der Waals surface area (Å²) in [7, 11) is 0. The minimum atomic E-state index is -0.438. The SMILES string of the molecule is NC(=O)CCN(Cc1ccccc1)C(=O)/C=C/C1=Cc2cc(Cl)ccc2OC1. The topological polar surface area (TPSA) is 72.6 Å². The lowest BCUT2D eigenvalue weighted by Crippen LogP contribution is -2.32. The number of halogens is 1. The number of carbonyl (C=O) groups excluding carboxylic acids is 2. The molecule has 2 amide bonds. The first-order valence-corrected chi connectivity index (χ1v) is 9.31. The van der Waals surface area contributed by atoms with Gasteiger partial charge in [0.15, 0.2) is 0 Å². The molecule has 0 saturated carbocycles. The number of fused-ring (bicyclic) bond motifs is 1. The van der Waals surface area contributed by atoms with Gasteiger partial charge >= 0.3 is 0 Å². The van der Waals surface area contributed by atoms with Crippen LogP contribution in [0.2, 0.25) is 5.02 Å². The molecule has 0 atom stereocenters. The van der Waals surface area contributed by atoms with Gasteiger partial charge in [0.2, 0.25) is 11.8 Å². The van der Waals surface area contributed by atoms with Crippen molar-refractivity contribution in [1.29, 1.82) is 0 Å². The molecule has 2 aromatic carbocycles. The number of amides is 2. The molecule has 0 fully saturated rings. The second-order valence-electron chi connectivity index (χ2n) is 6.49. The van der Waals surface area contributed by atoms with Gasteiger partial charge in [-0.25, -0.2) is 0 Å². The minimum absolute atomic E-state index is 0.115. The normalized spacial score (nSPS) is 12.8. The summed E-state index contributed by atoms with van der Waals surface area (Å²) in [6.45, 7) is 1.05. The van der Waals surface area contributed by atoms with Gasteiger partial charge in [0.05, 0.1) is 0 Å². The fourth-order valence-electron chi connectivity index (χ4n) is 2.86. The Morgan fingerprint density at radius 1 is 1.18 bits per heavy atom. The van der Waals surface area contributed by atoms with Crippen LogP contribution in [-0.4, -0.2) is 29.9 Å². The highest BCUT2D eigenvalue weighted by Gasteiger charge is 2.14. The maximum Gasteiger partial charge on any atom is 0.246 e. The van der Waals surface area contributed by atoms with Crippen molar-refractivity contribution in [2.45, 2.75) is 13.0 Å². The van der Waals surface area contributed by atoms with Crippen LogP contribution < -0.4 is 10.5 Å². The van der Waals surface area contributed by atoms with Gasteiger partial charge in [-0.2, -0.15) is 0 Å². The molecule has 1 aliphatic rings. The Bertz CT molecular complexity index is 923. The van der Waals surface area contributed by atoms with Gasteiger partial charge in [-0.3, -0.25) is 9.59 Å². The molecule has 0 unspecified atom stereocenters. The average Bonchev–Trinajstić information content (AvgIpc) is 2.69. The lowest BCUT2D eigenvalue weighted by molar-refractivity contribution is -0.127. The summed E-state index contributed by atoms with van der Waals surface area (Å²) >= 11 is 6.03. The third kappa shape index (κ3) is 5.47. The summed E-state index contributed by atoms with van der Waals surface area (Å²) in [4.78, 5) is 25.5. The van der Waals surface area contributed by atoms with Crippen LogP contribution in [0.3, 0.4) is 0 Å². The number of nitrogens with zero attached hydrogens (tertiary/aromatic N) is 1. The number of hydrogen-bond donors (Lipinski definition) is 1. The standard InChI is InChI=1S/C22H21ClN2O3/c23-19-7-8-20-18(13-19)12-17(15-28-20)6-9-22(27)25(11-10-21(24)26)14-16-4-2-1-3-5-16/h1-9,12-13H,10-11,14-15H2,(H2,24,26)/b9-6+. The Morgan fingerprint density at radius 2 is 1.96 bits per heavy atom. The van der Waals surface area contributed by atoms with Crippen LogP contribution in [0.15, 0.2) is 66.3 Å². The highest BCUT2D eigenvalue weighted by Crippen LogP contribution is 2.29. The Hall–Kier alpha value is -3.05. The molecule has 0 radical (unpaired) electrons. The minimum Gasteiger partial charge on any atom is -0.488 e. The smallest absolute Gasteiger partial charge is 0.246 e. The summed E-state index contributed by atoms with van der Waals surface area (Å²) in [5.74, 6) is 0.134. The largest absolute Gasteiger partial charge is 0.488 e. The molecule has 0 saturated heterocycles. The second-order valence-corrected chi connectivity index (χ2v) is 6.92. The molecule has 0 bridgehead atoms. The van der Waals surface area contributed by atoms with E-state index in [9.17, 15) is 9.59 Å². The van der Waals surface area contributed by atoms with E-state index in [1.165, 1.54) is 6.08 Å². The van der Waals surface area contributed by atoms with Crippen molar-refractivity contribution in [3.8, 4) is 5.75 Å². The summed E-state index contributed by atoms with van der Waals surface area (Å²) in [6, 6.07) is 15.0. The Kier molecular flexibility index (Phi) is 6.50. The number of carbonyl (C=O) groups is 2. The van der Waals surface area contributed by atoms with E-state index >= 15 is 0 Å². The summed E-state index contributed by atoms with van der Waals surface area (Å²) in [6.07, 6.45) is 5.28. The van der Waals surface area contributed by atoms with E-state index in [2.05, 4.69) is 0 Å². The zero-order chi connectivity index (χ0) is 19.9. The van der Waals surface area contributed by atoms with Crippen LogP contribution in [0, 0.1) is 0 Å². The van der Waals surface area contributed by atoms with Crippen molar-refractivity contribution < 1.29 is 14.3 Å². The molecule has 28 heavy (non-hydrogen) atoms. The molecule has 0 spiro atoms. The van der Waals surface area contributed by atoms with E-state index in [-0.39, 0.29) is 18.9 Å². The highest BCUT2D eigenvalue weighted by atomic mass is 35.5.